The summed E-state index contributed by atoms with van der Waals surface area (Å²) in [4.78, 5) is 12.5. The van der Waals surface area contributed by atoms with E-state index < -0.39 is 14.9 Å². The number of benzene rings is 2. The average Bonchev–Trinajstić information content (AvgIpc) is 3.32. The van der Waals surface area contributed by atoms with E-state index in [1.807, 2.05) is 4.90 Å². The molecule has 1 fully saturated rings. The molecule has 0 bridgehead atoms. The molecule has 3 aromatic rings. The lowest BCUT2D eigenvalue weighted by Crippen LogP contribution is -2.48. The van der Waals surface area contributed by atoms with E-state index in [4.69, 9.17) is 13.9 Å². The highest BCUT2D eigenvalue weighted by Crippen LogP contribution is 2.33. The van der Waals surface area contributed by atoms with Crippen LogP contribution in [0.15, 0.2) is 51.8 Å². The Labute approximate surface area is 194 Å². The van der Waals surface area contributed by atoms with Gasteiger partial charge in [-0.2, -0.15) is 4.31 Å². The van der Waals surface area contributed by atoms with Crippen LogP contribution in [0, 0.1) is 10.1 Å². The van der Waals surface area contributed by atoms with Gasteiger partial charge in [0.25, 0.3) is 5.69 Å². The molecule has 34 heavy (non-hydrogen) atoms. The summed E-state index contributed by atoms with van der Waals surface area (Å²) in [6.45, 7) is 2.84. The molecule has 13 heteroatoms. The monoisotopic (exact) mass is 487 g/mol. The molecule has 1 aromatic heterocycles. The van der Waals surface area contributed by atoms with Gasteiger partial charge in [-0.05, 0) is 24.3 Å². The zero-order valence-corrected chi connectivity index (χ0v) is 18.8. The van der Waals surface area contributed by atoms with Gasteiger partial charge in [0, 0.05) is 49.9 Å². The average molecular weight is 487 g/mol. The summed E-state index contributed by atoms with van der Waals surface area (Å²) in [6.07, 6.45) is 0. The Kier molecular flexibility index (Phi) is 5.89. The maximum Gasteiger partial charge on any atom is 0.269 e. The van der Waals surface area contributed by atoms with Crippen LogP contribution in [0.25, 0.3) is 11.5 Å². The molecule has 178 valence electrons. The Morgan fingerprint density at radius 3 is 2.35 bits per heavy atom. The highest BCUT2D eigenvalue weighted by molar-refractivity contribution is 7.89. The molecule has 2 aliphatic heterocycles. The minimum atomic E-state index is -3.66. The molecule has 0 amide bonds. The van der Waals surface area contributed by atoms with Crippen molar-refractivity contribution >= 4 is 15.7 Å². The van der Waals surface area contributed by atoms with Gasteiger partial charge >= 0.3 is 0 Å². The topological polar surface area (TPSA) is 141 Å². The van der Waals surface area contributed by atoms with E-state index >= 15 is 0 Å². The van der Waals surface area contributed by atoms with Crippen LogP contribution in [-0.4, -0.2) is 72.1 Å². The fourth-order valence-electron chi connectivity index (χ4n) is 3.81. The molecule has 0 atom stereocenters. The quantitative estimate of drug-likeness (QED) is 0.374. The second-order valence-electron chi connectivity index (χ2n) is 7.79. The first-order valence-corrected chi connectivity index (χ1v) is 12.0. The maximum atomic E-state index is 13.1. The molecule has 2 aliphatic rings. The number of nitro benzene ring substituents is 1. The van der Waals surface area contributed by atoms with Crippen molar-refractivity contribution in [1.29, 1.82) is 0 Å². The van der Waals surface area contributed by atoms with Crippen molar-refractivity contribution in [3.8, 4) is 23.0 Å². The normalized spacial score (nSPS) is 16.9. The predicted molar refractivity (Wildman–Crippen MR) is 118 cm³/mol. The number of nitro groups is 1. The number of hydrogen-bond donors (Lipinski definition) is 0. The lowest BCUT2D eigenvalue weighted by molar-refractivity contribution is -0.384. The molecule has 0 unspecified atom stereocenters. The molecule has 5 rings (SSSR count). The van der Waals surface area contributed by atoms with E-state index in [1.54, 1.807) is 18.2 Å². The molecule has 0 aliphatic carbocycles. The standard InChI is InChI=1S/C21H21N5O7S/c27-26(28)16-3-1-15(2-4-16)21-23-22-20(33-21)14-24-7-9-25(10-8-24)34(29,30)17-5-6-18-19(13-17)32-12-11-31-18/h1-6,13H,7-12,14H2. The second-order valence-corrected chi connectivity index (χ2v) is 9.73. The van der Waals surface area contributed by atoms with Gasteiger partial charge in [-0.25, -0.2) is 8.42 Å². The van der Waals surface area contributed by atoms with Gasteiger partial charge in [-0.3, -0.25) is 15.0 Å². The third kappa shape index (κ3) is 4.44. The van der Waals surface area contributed by atoms with Crippen LogP contribution in [0.5, 0.6) is 11.5 Å². The smallest absolute Gasteiger partial charge is 0.269 e. The Morgan fingerprint density at radius 2 is 1.65 bits per heavy atom. The lowest BCUT2D eigenvalue weighted by atomic mass is 10.2. The summed E-state index contributed by atoms with van der Waals surface area (Å²) in [6, 6.07) is 10.5. The summed E-state index contributed by atoms with van der Waals surface area (Å²) in [5, 5.41) is 18.9. The Hall–Kier alpha value is -3.55. The Balaban J connectivity index is 1.20. The number of sulfonamides is 1. The van der Waals surface area contributed by atoms with Crippen LogP contribution >= 0.6 is 0 Å². The molecule has 0 spiro atoms. The molecule has 3 heterocycles. The first kappa shape index (κ1) is 22.3. The lowest BCUT2D eigenvalue weighted by Gasteiger charge is -2.33. The Morgan fingerprint density at radius 1 is 0.941 bits per heavy atom. The zero-order valence-electron chi connectivity index (χ0n) is 18.0. The number of rotatable bonds is 6. The molecule has 2 aromatic carbocycles. The number of hydrogen-bond acceptors (Lipinski definition) is 10. The van der Waals surface area contributed by atoms with Crippen LogP contribution in [0.3, 0.4) is 0 Å². The second kappa shape index (κ2) is 9.00. The fraction of sp³-hybridized carbons (Fsp3) is 0.333. The number of nitrogens with zero attached hydrogens (tertiary/aromatic N) is 5. The fourth-order valence-corrected chi connectivity index (χ4v) is 5.25. The van der Waals surface area contributed by atoms with E-state index in [9.17, 15) is 18.5 Å². The van der Waals surface area contributed by atoms with E-state index in [-0.39, 0.29) is 16.5 Å². The summed E-state index contributed by atoms with van der Waals surface area (Å²) in [7, 11) is -3.66. The van der Waals surface area contributed by atoms with Crippen molar-refractivity contribution in [2.24, 2.45) is 0 Å². The Bertz CT molecular complexity index is 1300. The number of piperazine rings is 1. The van der Waals surface area contributed by atoms with Crippen LogP contribution in [-0.2, 0) is 16.6 Å². The van der Waals surface area contributed by atoms with Crippen LogP contribution in [0.4, 0.5) is 5.69 Å². The van der Waals surface area contributed by atoms with Gasteiger partial charge in [-0.1, -0.05) is 0 Å². The first-order chi connectivity index (χ1) is 16.4. The van der Waals surface area contributed by atoms with Gasteiger partial charge in [-0.15, -0.1) is 10.2 Å². The van der Waals surface area contributed by atoms with E-state index in [0.717, 1.165) is 0 Å². The van der Waals surface area contributed by atoms with Crippen molar-refractivity contribution < 1.29 is 27.2 Å². The highest BCUT2D eigenvalue weighted by Gasteiger charge is 2.30. The number of aromatic nitrogens is 2. The zero-order chi connectivity index (χ0) is 23.7. The number of non-ortho nitro benzene ring substituents is 1. The largest absolute Gasteiger partial charge is 0.486 e. The van der Waals surface area contributed by atoms with Gasteiger partial charge < -0.3 is 13.9 Å². The van der Waals surface area contributed by atoms with E-state index in [2.05, 4.69) is 10.2 Å². The first-order valence-electron chi connectivity index (χ1n) is 10.6. The maximum absolute atomic E-state index is 13.1. The summed E-state index contributed by atoms with van der Waals surface area (Å²) in [5.41, 5.74) is 0.562. The number of fused-ring (bicyclic) bond motifs is 1. The molecular weight excluding hydrogens is 466 g/mol. The summed E-state index contributed by atoms with van der Waals surface area (Å²) in [5.74, 6) is 1.63. The van der Waals surface area contributed by atoms with Crippen LogP contribution in [0.1, 0.15) is 5.89 Å². The molecule has 0 radical (unpaired) electrons. The van der Waals surface area contributed by atoms with E-state index in [1.165, 1.54) is 28.6 Å². The van der Waals surface area contributed by atoms with Crippen LogP contribution in [0.2, 0.25) is 0 Å². The van der Waals surface area contributed by atoms with Gasteiger partial charge in [0.05, 0.1) is 16.4 Å². The summed E-state index contributed by atoms with van der Waals surface area (Å²) < 4.78 is 44.3. The highest BCUT2D eigenvalue weighted by atomic mass is 32.2. The van der Waals surface area contributed by atoms with Gasteiger partial charge in [0.15, 0.2) is 11.5 Å². The van der Waals surface area contributed by atoms with Gasteiger partial charge in [0.2, 0.25) is 21.8 Å². The van der Waals surface area contributed by atoms with Crippen molar-refractivity contribution in [3.05, 3.63) is 58.5 Å². The van der Waals surface area contributed by atoms with Crippen molar-refractivity contribution in [1.82, 2.24) is 19.4 Å². The van der Waals surface area contributed by atoms with Crippen LogP contribution < -0.4 is 9.47 Å². The predicted octanol–water partition coefficient (Wildman–Crippen LogP) is 1.92. The third-order valence-electron chi connectivity index (χ3n) is 5.63. The summed E-state index contributed by atoms with van der Waals surface area (Å²) >= 11 is 0. The van der Waals surface area contributed by atoms with Crippen molar-refractivity contribution in [2.75, 3.05) is 39.4 Å². The third-order valence-corrected chi connectivity index (χ3v) is 7.53. The minimum absolute atomic E-state index is 0.0208. The molecular formula is C21H21N5O7S. The molecule has 0 N–H and O–H groups in total. The van der Waals surface area contributed by atoms with Gasteiger partial charge in [0.1, 0.15) is 13.2 Å². The molecule has 12 nitrogen and oxygen atoms in total. The number of ether oxygens (including phenoxy) is 2. The van der Waals surface area contributed by atoms with Crippen molar-refractivity contribution in [3.63, 3.8) is 0 Å². The minimum Gasteiger partial charge on any atom is -0.486 e. The molecule has 0 saturated carbocycles. The van der Waals surface area contributed by atoms with E-state index in [0.29, 0.717) is 68.9 Å². The molecule has 1 saturated heterocycles. The van der Waals surface area contributed by atoms with Crippen molar-refractivity contribution in [2.45, 2.75) is 11.4 Å². The SMILES string of the molecule is O=[N+]([O-])c1ccc(-c2nnc(CN3CCN(S(=O)(=O)c4ccc5c(c4)OCCO5)CC3)o2)cc1.